The lowest BCUT2D eigenvalue weighted by Gasteiger charge is -2.44. The van der Waals surface area contributed by atoms with Crippen molar-refractivity contribution in [1.82, 2.24) is 0 Å². The SMILES string of the molecule is CCOC(C)OC(/C=C/I)C1CCC2(CCCCC2)CC1. The van der Waals surface area contributed by atoms with Gasteiger partial charge in [-0.05, 0) is 73.9 Å². The first-order chi connectivity index (χ1) is 10.2. The van der Waals surface area contributed by atoms with Crippen molar-refractivity contribution in [2.75, 3.05) is 6.61 Å². The van der Waals surface area contributed by atoms with E-state index >= 15 is 0 Å². The molecule has 0 radical (unpaired) electrons. The highest BCUT2D eigenvalue weighted by atomic mass is 127. The second kappa shape index (κ2) is 8.88. The standard InChI is InChI=1S/C18H31IO2/c1-3-20-15(2)21-17(9-14-19)16-7-12-18(13-8-16)10-5-4-6-11-18/h9,14-17H,3-8,10-13H2,1-2H3/b14-9+. The van der Waals surface area contributed by atoms with Crippen molar-refractivity contribution in [1.29, 1.82) is 0 Å². The molecule has 2 atom stereocenters. The molecule has 0 aromatic carbocycles. The summed E-state index contributed by atoms with van der Waals surface area (Å²) in [6, 6.07) is 0. The van der Waals surface area contributed by atoms with Gasteiger partial charge in [-0.3, -0.25) is 0 Å². The Bertz CT molecular complexity index is 313. The van der Waals surface area contributed by atoms with Crippen molar-refractivity contribution in [2.24, 2.45) is 11.3 Å². The Balaban J connectivity index is 1.87. The second-order valence-electron chi connectivity index (χ2n) is 6.84. The minimum absolute atomic E-state index is 0.0989. The van der Waals surface area contributed by atoms with Crippen LogP contribution in [0.3, 0.4) is 0 Å². The first-order valence-electron chi connectivity index (χ1n) is 8.73. The maximum atomic E-state index is 6.13. The van der Waals surface area contributed by atoms with Crippen LogP contribution in [-0.2, 0) is 9.47 Å². The number of hydrogen-bond acceptors (Lipinski definition) is 2. The molecule has 2 nitrogen and oxygen atoms in total. The van der Waals surface area contributed by atoms with Crippen LogP contribution >= 0.6 is 22.6 Å². The van der Waals surface area contributed by atoms with Gasteiger partial charge in [-0.15, -0.1) is 0 Å². The second-order valence-corrected chi connectivity index (χ2v) is 7.56. The molecule has 21 heavy (non-hydrogen) atoms. The highest BCUT2D eigenvalue weighted by molar-refractivity contribution is 14.1. The van der Waals surface area contributed by atoms with E-state index in [2.05, 4.69) is 32.7 Å². The molecule has 2 fully saturated rings. The molecular formula is C18H31IO2. The summed E-state index contributed by atoms with van der Waals surface area (Å²) in [7, 11) is 0. The fraction of sp³-hybridized carbons (Fsp3) is 0.889. The van der Waals surface area contributed by atoms with Gasteiger partial charge >= 0.3 is 0 Å². The summed E-state index contributed by atoms with van der Waals surface area (Å²) in [6.07, 6.45) is 15.1. The van der Waals surface area contributed by atoms with Gasteiger partial charge < -0.3 is 9.47 Å². The average Bonchev–Trinajstić information content (AvgIpc) is 2.49. The zero-order valence-corrected chi connectivity index (χ0v) is 15.8. The molecular weight excluding hydrogens is 375 g/mol. The maximum Gasteiger partial charge on any atom is 0.155 e. The molecule has 2 unspecified atom stereocenters. The lowest BCUT2D eigenvalue weighted by atomic mass is 9.62. The van der Waals surface area contributed by atoms with Gasteiger partial charge in [0.25, 0.3) is 0 Å². The maximum absolute atomic E-state index is 6.13. The molecule has 0 N–H and O–H groups in total. The van der Waals surface area contributed by atoms with Crippen LogP contribution in [0.15, 0.2) is 10.2 Å². The quantitative estimate of drug-likeness (QED) is 0.407. The monoisotopic (exact) mass is 406 g/mol. The molecule has 2 rings (SSSR count). The first-order valence-corrected chi connectivity index (χ1v) is 9.97. The lowest BCUT2D eigenvalue weighted by molar-refractivity contribution is -0.161. The van der Waals surface area contributed by atoms with Gasteiger partial charge in [0.05, 0.1) is 6.10 Å². The molecule has 3 heteroatoms. The molecule has 2 aliphatic carbocycles. The smallest absolute Gasteiger partial charge is 0.155 e. The Labute approximate surface area is 144 Å². The van der Waals surface area contributed by atoms with Crippen molar-refractivity contribution in [3.8, 4) is 0 Å². The van der Waals surface area contributed by atoms with Gasteiger partial charge in [-0.1, -0.05) is 41.9 Å². The van der Waals surface area contributed by atoms with Crippen molar-refractivity contribution in [3.63, 3.8) is 0 Å². The van der Waals surface area contributed by atoms with Gasteiger partial charge in [-0.2, -0.15) is 0 Å². The molecule has 0 amide bonds. The van der Waals surface area contributed by atoms with Crippen molar-refractivity contribution in [2.45, 2.75) is 84.0 Å². The molecule has 2 saturated carbocycles. The fourth-order valence-electron chi connectivity index (χ4n) is 4.26. The van der Waals surface area contributed by atoms with Crippen LogP contribution in [0.25, 0.3) is 0 Å². The van der Waals surface area contributed by atoms with Crippen LogP contribution in [0.1, 0.15) is 71.6 Å². The van der Waals surface area contributed by atoms with Crippen LogP contribution in [0.4, 0.5) is 0 Å². The molecule has 0 aromatic heterocycles. The molecule has 0 bridgehead atoms. The van der Waals surface area contributed by atoms with Crippen molar-refractivity contribution >= 4 is 22.6 Å². The molecule has 1 spiro atoms. The third-order valence-electron chi connectivity index (χ3n) is 5.48. The Morgan fingerprint density at radius 3 is 2.38 bits per heavy atom. The van der Waals surface area contributed by atoms with Crippen LogP contribution in [0.2, 0.25) is 0 Å². The van der Waals surface area contributed by atoms with E-state index in [4.69, 9.17) is 9.47 Å². The summed E-state index contributed by atoms with van der Waals surface area (Å²) in [5, 5.41) is 0. The van der Waals surface area contributed by atoms with E-state index in [1.807, 2.05) is 13.8 Å². The normalized spacial score (nSPS) is 26.2. The Morgan fingerprint density at radius 1 is 1.14 bits per heavy atom. The average molecular weight is 406 g/mol. The lowest BCUT2D eigenvalue weighted by Crippen LogP contribution is -2.35. The van der Waals surface area contributed by atoms with Crippen LogP contribution in [0, 0.1) is 11.3 Å². The third kappa shape index (κ3) is 5.21. The molecule has 0 saturated heterocycles. The van der Waals surface area contributed by atoms with Gasteiger partial charge in [0.1, 0.15) is 0 Å². The zero-order chi connectivity index (χ0) is 15.1. The Morgan fingerprint density at radius 2 is 1.81 bits per heavy atom. The topological polar surface area (TPSA) is 18.5 Å². The van der Waals surface area contributed by atoms with E-state index in [1.165, 1.54) is 57.8 Å². The Hall–Kier alpha value is 0.390. The van der Waals surface area contributed by atoms with Crippen molar-refractivity contribution in [3.05, 3.63) is 10.2 Å². The summed E-state index contributed by atoms with van der Waals surface area (Å²) in [6.45, 7) is 4.76. The molecule has 122 valence electrons. The minimum Gasteiger partial charge on any atom is -0.353 e. The van der Waals surface area contributed by atoms with E-state index < -0.39 is 0 Å². The molecule has 2 aliphatic rings. The molecule has 0 aromatic rings. The first kappa shape index (κ1) is 17.7. The zero-order valence-electron chi connectivity index (χ0n) is 13.7. The van der Waals surface area contributed by atoms with Gasteiger partial charge in [0, 0.05) is 6.61 Å². The largest absolute Gasteiger partial charge is 0.353 e. The summed E-state index contributed by atoms with van der Waals surface area (Å²) < 4.78 is 13.8. The summed E-state index contributed by atoms with van der Waals surface area (Å²) >= 11 is 2.30. The highest BCUT2D eigenvalue weighted by Crippen LogP contribution is 2.49. The number of rotatable bonds is 6. The van der Waals surface area contributed by atoms with E-state index in [0.29, 0.717) is 11.3 Å². The molecule has 0 aliphatic heterocycles. The van der Waals surface area contributed by atoms with E-state index in [9.17, 15) is 0 Å². The Kier molecular flexibility index (Phi) is 7.50. The van der Waals surface area contributed by atoms with Gasteiger partial charge in [0.15, 0.2) is 6.29 Å². The van der Waals surface area contributed by atoms with Crippen LogP contribution < -0.4 is 0 Å². The predicted molar refractivity (Wildman–Crippen MR) is 96.6 cm³/mol. The molecule has 0 heterocycles. The van der Waals surface area contributed by atoms with Gasteiger partial charge in [-0.25, -0.2) is 0 Å². The fourth-order valence-corrected chi connectivity index (χ4v) is 4.67. The third-order valence-corrected chi connectivity index (χ3v) is 5.90. The number of hydrogen-bond donors (Lipinski definition) is 0. The summed E-state index contributed by atoms with van der Waals surface area (Å²) in [4.78, 5) is 0. The van der Waals surface area contributed by atoms with Crippen LogP contribution in [0.5, 0.6) is 0 Å². The summed E-state index contributed by atoms with van der Waals surface area (Å²) in [5.74, 6) is 0.673. The number of ether oxygens (including phenoxy) is 2. The van der Waals surface area contributed by atoms with Gasteiger partial charge in [0.2, 0.25) is 0 Å². The summed E-state index contributed by atoms with van der Waals surface area (Å²) in [5.41, 5.74) is 0.693. The van der Waals surface area contributed by atoms with E-state index in [-0.39, 0.29) is 12.4 Å². The minimum atomic E-state index is -0.0989. The highest BCUT2D eigenvalue weighted by Gasteiger charge is 2.38. The number of halogens is 1. The predicted octanol–water partition coefficient (Wildman–Crippen LogP) is 5.84. The van der Waals surface area contributed by atoms with E-state index in [0.717, 1.165) is 6.61 Å². The van der Waals surface area contributed by atoms with Crippen molar-refractivity contribution < 1.29 is 9.47 Å². The van der Waals surface area contributed by atoms with Crippen LogP contribution in [-0.4, -0.2) is 19.0 Å². The van der Waals surface area contributed by atoms with E-state index in [1.54, 1.807) is 0 Å².